The Kier molecular flexibility index (Phi) is 5.22. The number of nitrogens with zero attached hydrogens (tertiary/aromatic N) is 2. The molecule has 5 heteroatoms. The summed E-state index contributed by atoms with van der Waals surface area (Å²) >= 11 is 7.28. The molecular weight excluding hydrogens is 220 g/mol. The van der Waals surface area contributed by atoms with E-state index >= 15 is 0 Å². The zero-order valence-electron chi connectivity index (χ0n) is 8.24. The van der Waals surface area contributed by atoms with E-state index in [1.54, 1.807) is 11.3 Å². The van der Waals surface area contributed by atoms with Crippen molar-refractivity contribution in [3.05, 3.63) is 10.5 Å². The van der Waals surface area contributed by atoms with Crippen molar-refractivity contribution in [2.45, 2.75) is 19.3 Å². The maximum Gasteiger partial charge on any atom is 0.186 e. The maximum absolute atomic E-state index is 8.61. The van der Waals surface area contributed by atoms with Gasteiger partial charge in [0, 0.05) is 25.6 Å². The average Bonchev–Trinajstić information content (AvgIpc) is 2.59. The standard InChI is InChI=1S/C9H15ClN2OS/c1-12(5-3-2-4-6-13)9-11-8(10)7-14-9/h7,13H,2-6H2,1H3. The maximum atomic E-state index is 8.61. The number of aliphatic hydroxyl groups excluding tert-OH is 1. The Hall–Kier alpha value is -0.320. The molecule has 0 fully saturated rings. The lowest BCUT2D eigenvalue weighted by molar-refractivity contribution is 0.283. The molecule has 1 aromatic heterocycles. The molecule has 0 aromatic carbocycles. The first-order valence-corrected chi connectivity index (χ1v) is 5.93. The zero-order valence-corrected chi connectivity index (χ0v) is 9.81. The van der Waals surface area contributed by atoms with Gasteiger partial charge in [0.15, 0.2) is 5.13 Å². The van der Waals surface area contributed by atoms with Crippen molar-refractivity contribution in [1.82, 2.24) is 4.98 Å². The summed E-state index contributed by atoms with van der Waals surface area (Å²) in [5.74, 6) is 0. The Labute approximate surface area is 93.3 Å². The van der Waals surface area contributed by atoms with Crippen molar-refractivity contribution in [3.63, 3.8) is 0 Å². The molecule has 0 saturated carbocycles. The van der Waals surface area contributed by atoms with E-state index in [1.807, 2.05) is 12.4 Å². The number of halogens is 1. The molecular formula is C9H15ClN2OS. The van der Waals surface area contributed by atoms with E-state index in [-0.39, 0.29) is 6.61 Å². The quantitative estimate of drug-likeness (QED) is 0.768. The highest BCUT2D eigenvalue weighted by atomic mass is 35.5. The molecule has 0 aliphatic heterocycles. The summed E-state index contributed by atoms with van der Waals surface area (Å²) in [6, 6.07) is 0. The van der Waals surface area contributed by atoms with Crippen molar-refractivity contribution in [2.75, 3.05) is 25.1 Å². The van der Waals surface area contributed by atoms with Crippen molar-refractivity contribution < 1.29 is 5.11 Å². The van der Waals surface area contributed by atoms with Gasteiger partial charge in [0.1, 0.15) is 5.15 Å². The van der Waals surface area contributed by atoms with Crippen molar-refractivity contribution in [3.8, 4) is 0 Å². The number of aliphatic hydroxyl groups is 1. The third kappa shape index (κ3) is 3.82. The lowest BCUT2D eigenvalue weighted by Crippen LogP contribution is -2.18. The van der Waals surface area contributed by atoms with Crippen LogP contribution in [0.15, 0.2) is 5.38 Å². The molecule has 0 atom stereocenters. The van der Waals surface area contributed by atoms with Gasteiger partial charge < -0.3 is 10.0 Å². The number of hydrogen-bond donors (Lipinski definition) is 1. The van der Waals surface area contributed by atoms with E-state index in [2.05, 4.69) is 9.88 Å². The minimum absolute atomic E-state index is 0.285. The summed E-state index contributed by atoms with van der Waals surface area (Å²) in [6.45, 7) is 1.25. The molecule has 14 heavy (non-hydrogen) atoms. The molecule has 1 N–H and O–H groups in total. The predicted octanol–water partition coefficient (Wildman–Crippen LogP) is 2.40. The smallest absolute Gasteiger partial charge is 0.186 e. The fraction of sp³-hybridized carbons (Fsp3) is 0.667. The minimum Gasteiger partial charge on any atom is -0.396 e. The minimum atomic E-state index is 0.285. The fourth-order valence-corrected chi connectivity index (χ4v) is 2.10. The van der Waals surface area contributed by atoms with Gasteiger partial charge in [-0.1, -0.05) is 11.6 Å². The van der Waals surface area contributed by atoms with E-state index in [0.717, 1.165) is 30.9 Å². The summed E-state index contributed by atoms with van der Waals surface area (Å²) < 4.78 is 0. The summed E-state index contributed by atoms with van der Waals surface area (Å²) in [7, 11) is 2.01. The van der Waals surface area contributed by atoms with Crippen LogP contribution in [0.3, 0.4) is 0 Å². The molecule has 0 bridgehead atoms. The number of anilines is 1. The second kappa shape index (κ2) is 6.22. The highest BCUT2D eigenvalue weighted by Gasteiger charge is 2.04. The van der Waals surface area contributed by atoms with Crippen molar-refractivity contribution >= 4 is 28.1 Å². The molecule has 80 valence electrons. The van der Waals surface area contributed by atoms with Crippen LogP contribution in [-0.4, -0.2) is 30.3 Å². The first kappa shape index (κ1) is 11.8. The summed E-state index contributed by atoms with van der Waals surface area (Å²) in [5.41, 5.74) is 0. The van der Waals surface area contributed by atoms with Crippen LogP contribution in [0.4, 0.5) is 5.13 Å². The Morgan fingerprint density at radius 1 is 1.50 bits per heavy atom. The molecule has 0 radical (unpaired) electrons. The van der Waals surface area contributed by atoms with E-state index < -0.39 is 0 Å². The molecule has 0 aliphatic carbocycles. The fourth-order valence-electron chi connectivity index (χ4n) is 1.15. The van der Waals surface area contributed by atoms with E-state index in [1.165, 1.54) is 0 Å². The lowest BCUT2D eigenvalue weighted by Gasteiger charge is -2.14. The van der Waals surface area contributed by atoms with Gasteiger partial charge >= 0.3 is 0 Å². The third-order valence-electron chi connectivity index (χ3n) is 1.94. The van der Waals surface area contributed by atoms with E-state index in [0.29, 0.717) is 5.15 Å². The molecule has 0 unspecified atom stereocenters. The largest absolute Gasteiger partial charge is 0.396 e. The first-order chi connectivity index (χ1) is 6.74. The lowest BCUT2D eigenvalue weighted by atomic mass is 10.2. The number of aromatic nitrogens is 1. The van der Waals surface area contributed by atoms with Gasteiger partial charge in [-0.15, -0.1) is 11.3 Å². The Bertz CT molecular complexity index is 267. The van der Waals surface area contributed by atoms with Crippen LogP contribution in [0.5, 0.6) is 0 Å². The van der Waals surface area contributed by atoms with Crippen LogP contribution >= 0.6 is 22.9 Å². The van der Waals surface area contributed by atoms with Gasteiger partial charge in [0.25, 0.3) is 0 Å². The molecule has 0 aliphatic rings. The van der Waals surface area contributed by atoms with Crippen LogP contribution in [0.25, 0.3) is 0 Å². The molecule has 1 rings (SSSR count). The summed E-state index contributed by atoms with van der Waals surface area (Å²) in [6.07, 6.45) is 3.01. The molecule has 3 nitrogen and oxygen atoms in total. The molecule has 0 saturated heterocycles. The van der Waals surface area contributed by atoms with Gasteiger partial charge in [-0.25, -0.2) is 4.98 Å². The number of thiazole rings is 1. The number of hydrogen-bond acceptors (Lipinski definition) is 4. The number of unbranched alkanes of at least 4 members (excludes halogenated alkanes) is 2. The molecule has 0 amide bonds. The third-order valence-corrected chi connectivity index (χ3v) is 3.22. The summed E-state index contributed by atoms with van der Waals surface area (Å²) in [5, 5.41) is 12.0. The second-order valence-corrected chi connectivity index (χ2v) is 4.38. The van der Waals surface area contributed by atoms with Gasteiger partial charge in [0.2, 0.25) is 0 Å². The van der Waals surface area contributed by atoms with E-state index in [9.17, 15) is 0 Å². The Morgan fingerprint density at radius 3 is 2.86 bits per heavy atom. The highest BCUT2D eigenvalue weighted by Crippen LogP contribution is 2.22. The van der Waals surface area contributed by atoms with Crippen molar-refractivity contribution in [2.24, 2.45) is 0 Å². The normalized spacial score (nSPS) is 10.5. The van der Waals surface area contributed by atoms with Crippen LogP contribution < -0.4 is 4.90 Å². The predicted molar refractivity (Wildman–Crippen MR) is 61.3 cm³/mol. The molecule has 1 aromatic rings. The molecule has 0 spiro atoms. The topological polar surface area (TPSA) is 36.4 Å². The van der Waals surface area contributed by atoms with Gasteiger partial charge in [-0.2, -0.15) is 0 Å². The van der Waals surface area contributed by atoms with Gasteiger partial charge in [-0.3, -0.25) is 0 Å². The second-order valence-electron chi connectivity index (χ2n) is 3.16. The first-order valence-electron chi connectivity index (χ1n) is 4.67. The zero-order chi connectivity index (χ0) is 10.4. The van der Waals surface area contributed by atoms with Crippen LogP contribution in [0, 0.1) is 0 Å². The van der Waals surface area contributed by atoms with Crippen LogP contribution in [0.2, 0.25) is 5.15 Å². The van der Waals surface area contributed by atoms with Gasteiger partial charge in [-0.05, 0) is 19.3 Å². The summed E-state index contributed by atoms with van der Waals surface area (Å²) in [4.78, 5) is 6.26. The van der Waals surface area contributed by atoms with Gasteiger partial charge in [0.05, 0.1) is 0 Å². The van der Waals surface area contributed by atoms with Crippen LogP contribution in [-0.2, 0) is 0 Å². The number of rotatable bonds is 6. The SMILES string of the molecule is CN(CCCCCO)c1nc(Cl)cs1. The average molecular weight is 235 g/mol. The highest BCUT2D eigenvalue weighted by molar-refractivity contribution is 7.14. The Morgan fingerprint density at radius 2 is 2.29 bits per heavy atom. The van der Waals surface area contributed by atoms with Crippen LogP contribution in [0.1, 0.15) is 19.3 Å². The van der Waals surface area contributed by atoms with E-state index in [4.69, 9.17) is 16.7 Å². The monoisotopic (exact) mass is 234 g/mol. The Balaban J connectivity index is 2.25. The van der Waals surface area contributed by atoms with Crippen molar-refractivity contribution in [1.29, 1.82) is 0 Å². The molecule has 1 heterocycles.